The molecule has 2 rings (SSSR count). The molecule has 0 saturated heterocycles. The first-order chi connectivity index (χ1) is 8.70. The quantitative estimate of drug-likeness (QED) is 0.817. The Morgan fingerprint density at radius 3 is 2.89 bits per heavy atom. The summed E-state index contributed by atoms with van der Waals surface area (Å²) in [6.07, 6.45) is 4.40. The van der Waals surface area contributed by atoms with Crippen molar-refractivity contribution < 1.29 is 4.79 Å². The minimum absolute atomic E-state index is 0.0848. The lowest BCUT2D eigenvalue weighted by Gasteiger charge is -2.29. The van der Waals surface area contributed by atoms with Gasteiger partial charge >= 0.3 is 0 Å². The van der Waals surface area contributed by atoms with E-state index in [4.69, 9.17) is 5.73 Å². The first-order valence-corrected chi connectivity index (χ1v) is 7.55. The fourth-order valence-corrected chi connectivity index (χ4v) is 3.18. The average molecular weight is 358 g/mol. The van der Waals surface area contributed by atoms with Gasteiger partial charge < -0.3 is 11.1 Å². The molecule has 3 nitrogen and oxygen atoms in total. The molecule has 1 amide bonds. The number of nitrogens with two attached hydrogens (primary N) is 1. The van der Waals surface area contributed by atoms with E-state index >= 15 is 0 Å². The molecule has 0 aromatic heterocycles. The minimum atomic E-state index is 0.0848. The van der Waals surface area contributed by atoms with Gasteiger partial charge in [-0.2, -0.15) is 0 Å². The molecule has 18 heavy (non-hydrogen) atoms. The normalized spacial score (nSPS) is 23.7. The van der Waals surface area contributed by atoms with Crippen LogP contribution >= 0.6 is 22.6 Å². The highest BCUT2D eigenvalue weighted by molar-refractivity contribution is 14.1. The fourth-order valence-electron chi connectivity index (χ4n) is 2.64. The zero-order valence-corrected chi connectivity index (χ0v) is 12.5. The molecule has 2 unspecified atom stereocenters. The number of halogens is 1. The summed E-state index contributed by atoms with van der Waals surface area (Å²) in [4.78, 5) is 12.3. The van der Waals surface area contributed by atoms with Crippen LogP contribution in [0.5, 0.6) is 0 Å². The van der Waals surface area contributed by atoms with Gasteiger partial charge in [0.2, 0.25) is 5.91 Å². The van der Waals surface area contributed by atoms with Gasteiger partial charge in [-0.1, -0.05) is 18.9 Å². The lowest BCUT2D eigenvalue weighted by atomic mass is 9.78. The zero-order chi connectivity index (χ0) is 13.0. The number of amides is 1. The minimum Gasteiger partial charge on any atom is -0.330 e. The Morgan fingerprint density at radius 1 is 1.39 bits per heavy atom. The van der Waals surface area contributed by atoms with Gasteiger partial charge in [0.15, 0.2) is 0 Å². The number of hydrogen-bond acceptors (Lipinski definition) is 2. The van der Waals surface area contributed by atoms with Crippen molar-refractivity contribution in [3.63, 3.8) is 0 Å². The van der Waals surface area contributed by atoms with Crippen LogP contribution in [0.4, 0.5) is 5.69 Å². The SMILES string of the molecule is NCC1CCCCC1C(=O)Nc1cccc(I)c1. The van der Waals surface area contributed by atoms with Crippen molar-refractivity contribution in [1.29, 1.82) is 0 Å². The molecule has 1 saturated carbocycles. The van der Waals surface area contributed by atoms with Gasteiger partial charge in [-0.25, -0.2) is 0 Å². The zero-order valence-electron chi connectivity index (χ0n) is 10.4. The Hall–Kier alpha value is -0.620. The number of benzene rings is 1. The van der Waals surface area contributed by atoms with Gasteiger partial charge in [0.05, 0.1) is 0 Å². The Morgan fingerprint density at radius 2 is 2.17 bits per heavy atom. The van der Waals surface area contributed by atoms with E-state index in [1.165, 1.54) is 6.42 Å². The van der Waals surface area contributed by atoms with E-state index in [2.05, 4.69) is 27.9 Å². The summed E-state index contributed by atoms with van der Waals surface area (Å²) in [6, 6.07) is 7.89. The van der Waals surface area contributed by atoms with Gasteiger partial charge in [-0.05, 0) is 66.1 Å². The van der Waals surface area contributed by atoms with Crippen LogP contribution in [-0.2, 0) is 4.79 Å². The van der Waals surface area contributed by atoms with Gasteiger partial charge in [0.1, 0.15) is 0 Å². The summed E-state index contributed by atoms with van der Waals surface area (Å²) < 4.78 is 1.13. The first-order valence-electron chi connectivity index (χ1n) is 6.47. The summed E-state index contributed by atoms with van der Waals surface area (Å²) in [7, 11) is 0. The highest BCUT2D eigenvalue weighted by Crippen LogP contribution is 2.30. The highest BCUT2D eigenvalue weighted by Gasteiger charge is 2.29. The van der Waals surface area contributed by atoms with Crippen molar-refractivity contribution >= 4 is 34.2 Å². The maximum Gasteiger partial charge on any atom is 0.227 e. The largest absolute Gasteiger partial charge is 0.330 e. The fraction of sp³-hybridized carbons (Fsp3) is 0.500. The topological polar surface area (TPSA) is 55.1 Å². The molecule has 2 atom stereocenters. The second-order valence-electron chi connectivity index (χ2n) is 4.89. The second kappa shape index (κ2) is 6.52. The summed E-state index contributed by atoms with van der Waals surface area (Å²) in [5.74, 6) is 0.565. The Balaban J connectivity index is 2.02. The second-order valence-corrected chi connectivity index (χ2v) is 6.13. The predicted octanol–water partition coefficient (Wildman–Crippen LogP) is 2.99. The molecular formula is C14H19IN2O. The Bertz CT molecular complexity index is 422. The summed E-state index contributed by atoms with van der Waals surface area (Å²) in [6.45, 7) is 0.615. The molecule has 3 N–H and O–H groups in total. The number of rotatable bonds is 3. The van der Waals surface area contributed by atoms with E-state index in [1.54, 1.807) is 0 Å². The molecule has 1 aliphatic carbocycles. The molecule has 4 heteroatoms. The van der Waals surface area contributed by atoms with Crippen molar-refractivity contribution in [3.05, 3.63) is 27.8 Å². The molecule has 1 aliphatic rings. The third kappa shape index (κ3) is 3.45. The van der Waals surface area contributed by atoms with Crippen LogP contribution in [0.25, 0.3) is 0 Å². The van der Waals surface area contributed by atoms with E-state index < -0.39 is 0 Å². The number of carbonyl (C=O) groups excluding carboxylic acids is 1. The Kier molecular flexibility index (Phi) is 5.00. The van der Waals surface area contributed by atoms with Crippen molar-refractivity contribution in [1.82, 2.24) is 0 Å². The van der Waals surface area contributed by atoms with E-state index in [-0.39, 0.29) is 11.8 Å². The standard InChI is InChI=1S/C14H19IN2O/c15-11-5-3-6-12(8-11)17-14(18)13-7-2-1-4-10(13)9-16/h3,5-6,8,10,13H,1-2,4,7,9,16H2,(H,17,18). The number of hydrogen-bond donors (Lipinski definition) is 2. The molecule has 98 valence electrons. The van der Waals surface area contributed by atoms with Crippen LogP contribution in [0.3, 0.4) is 0 Å². The first kappa shape index (κ1) is 13.8. The van der Waals surface area contributed by atoms with Crippen LogP contribution in [0, 0.1) is 15.4 Å². The van der Waals surface area contributed by atoms with Crippen LogP contribution in [0.15, 0.2) is 24.3 Å². The Labute approximate surface area is 122 Å². The van der Waals surface area contributed by atoms with Crippen molar-refractivity contribution in [2.45, 2.75) is 25.7 Å². The smallest absolute Gasteiger partial charge is 0.227 e. The van der Waals surface area contributed by atoms with Crippen LogP contribution in [-0.4, -0.2) is 12.5 Å². The monoisotopic (exact) mass is 358 g/mol. The number of anilines is 1. The molecule has 0 spiro atoms. The molecule has 0 aliphatic heterocycles. The third-order valence-corrected chi connectivity index (χ3v) is 4.31. The van der Waals surface area contributed by atoms with E-state index in [0.29, 0.717) is 12.5 Å². The third-order valence-electron chi connectivity index (χ3n) is 3.64. The van der Waals surface area contributed by atoms with Gasteiger partial charge in [-0.3, -0.25) is 4.79 Å². The molecular weight excluding hydrogens is 339 g/mol. The van der Waals surface area contributed by atoms with Gasteiger partial charge in [0, 0.05) is 15.2 Å². The molecule has 0 heterocycles. The lowest BCUT2D eigenvalue weighted by Crippen LogP contribution is -2.35. The number of nitrogens with one attached hydrogen (secondary N) is 1. The van der Waals surface area contributed by atoms with Crippen molar-refractivity contribution in [2.75, 3.05) is 11.9 Å². The van der Waals surface area contributed by atoms with Crippen molar-refractivity contribution in [2.24, 2.45) is 17.6 Å². The van der Waals surface area contributed by atoms with E-state index in [0.717, 1.165) is 28.5 Å². The molecule has 1 aromatic carbocycles. The maximum atomic E-state index is 12.3. The van der Waals surface area contributed by atoms with Crippen LogP contribution in [0.2, 0.25) is 0 Å². The summed E-state index contributed by atoms with van der Waals surface area (Å²) in [5, 5.41) is 3.02. The van der Waals surface area contributed by atoms with Crippen LogP contribution < -0.4 is 11.1 Å². The molecule has 0 bridgehead atoms. The highest BCUT2D eigenvalue weighted by atomic mass is 127. The van der Waals surface area contributed by atoms with E-state index in [1.807, 2.05) is 24.3 Å². The van der Waals surface area contributed by atoms with Gasteiger partial charge in [-0.15, -0.1) is 0 Å². The molecule has 1 aromatic rings. The summed E-state index contributed by atoms with van der Waals surface area (Å²) in [5.41, 5.74) is 6.65. The van der Waals surface area contributed by atoms with E-state index in [9.17, 15) is 4.79 Å². The predicted molar refractivity (Wildman–Crippen MR) is 82.3 cm³/mol. The van der Waals surface area contributed by atoms with Crippen molar-refractivity contribution in [3.8, 4) is 0 Å². The lowest BCUT2D eigenvalue weighted by molar-refractivity contribution is -0.122. The molecule has 0 radical (unpaired) electrons. The molecule has 1 fully saturated rings. The summed E-state index contributed by atoms with van der Waals surface area (Å²) >= 11 is 2.25. The maximum absolute atomic E-state index is 12.3. The average Bonchev–Trinajstić information content (AvgIpc) is 2.38. The number of carbonyl (C=O) groups is 1. The van der Waals surface area contributed by atoms with Crippen LogP contribution in [0.1, 0.15) is 25.7 Å². The van der Waals surface area contributed by atoms with Gasteiger partial charge in [0.25, 0.3) is 0 Å².